The van der Waals surface area contributed by atoms with Gasteiger partial charge in [0.25, 0.3) is 0 Å². The van der Waals surface area contributed by atoms with Gasteiger partial charge in [-0.25, -0.2) is 5.01 Å². The average Bonchev–Trinajstić information content (AvgIpc) is 3.25. The van der Waals surface area contributed by atoms with E-state index in [-0.39, 0.29) is 0 Å². The molecule has 5 rings (SSSR count). The number of benzene rings is 1. The highest BCUT2D eigenvalue weighted by Gasteiger charge is 2.53. The maximum Gasteiger partial charge on any atom is 0.0998 e. The van der Waals surface area contributed by atoms with Crippen molar-refractivity contribution in [2.24, 2.45) is 5.41 Å². The molecule has 3 heterocycles. The minimum atomic E-state index is 0.370. The molecule has 2 saturated heterocycles. The first-order valence-electron chi connectivity index (χ1n) is 11.7. The summed E-state index contributed by atoms with van der Waals surface area (Å²) >= 11 is 0. The van der Waals surface area contributed by atoms with E-state index < -0.39 is 0 Å². The van der Waals surface area contributed by atoms with Crippen LogP contribution in [0.4, 0.5) is 5.69 Å². The third-order valence-corrected chi connectivity index (χ3v) is 7.53. The van der Waals surface area contributed by atoms with Gasteiger partial charge in [0.2, 0.25) is 0 Å². The van der Waals surface area contributed by atoms with Gasteiger partial charge in [0, 0.05) is 77.8 Å². The Kier molecular flexibility index (Phi) is 5.24. The third kappa shape index (κ3) is 3.56. The summed E-state index contributed by atoms with van der Waals surface area (Å²) in [5, 5.41) is 14.9. The van der Waals surface area contributed by atoms with Gasteiger partial charge in [-0.2, -0.15) is 5.10 Å². The summed E-state index contributed by atoms with van der Waals surface area (Å²) in [6.07, 6.45) is 7.59. The fraction of sp³-hybridized carbons (Fsp3) is 0.333. The number of hydrogen-bond acceptors (Lipinski definition) is 6. The molecule has 0 radical (unpaired) electrons. The summed E-state index contributed by atoms with van der Waals surface area (Å²) < 4.78 is 2.22. The van der Waals surface area contributed by atoms with E-state index in [2.05, 4.69) is 47.7 Å². The molecule has 1 aromatic heterocycles. The van der Waals surface area contributed by atoms with E-state index in [4.69, 9.17) is 16.2 Å². The largest absolute Gasteiger partial charge is 0.398 e. The van der Waals surface area contributed by atoms with E-state index in [1.807, 2.05) is 36.3 Å². The zero-order chi connectivity index (χ0) is 24.2. The lowest BCUT2D eigenvalue weighted by atomic mass is 9.60. The van der Waals surface area contributed by atoms with Gasteiger partial charge in [-0.1, -0.05) is 25.8 Å². The predicted molar refractivity (Wildman–Crippen MR) is 139 cm³/mol. The number of hydrazine groups is 1. The zero-order valence-corrected chi connectivity index (χ0v) is 20.1. The summed E-state index contributed by atoms with van der Waals surface area (Å²) in [4.78, 5) is 2.31. The van der Waals surface area contributed by atoms with E-state index in [9.17, 15) is 0 Å². The van der Waals surface area contributed by atoms with Crippen LogP contribution in [-0.2, 0) is 0 Å². The van der Waals surface area contributed by atoms with Gasteiger partial charge in [-0.3, -0.25) is 4.68 Å². The molecule has 2 aliphatic heterocycles. The zero-order valence-electron chi connectivity index (χ0n) is 20.1. The fourth-order valence-electron chi connectivity index (χ4n) is 5.59. The number of nitrogens with two attached hydrogens (primary N) is 1. The number of rotatable bonds is 6. The van der Waals surface area contributed by atoms with Gasteiger partial charge in [0.05, 0.1) is 11.7 Å². The second kappa shape index (κ2) is 8.02. The van der Waals surface area contributed by atoms with Crippen LogP contribution in [0.2, 0.25) is 0 Å². The third-order valence-electron chi connectivity index (χ3n) is 7.53. The van der Waals surface area contributed by atoms with Gasteiger partial charge >= 0.3 is 0 Å². The first kappa shape index (κ1) is 22.2. The predicted octanol–water partition coefficient (Wildman–Crippen LogP) is 4.12. The van der Waals surface area contributed by atoms with Gasteiger partial charge < -0.3 is 21.5 Å². The second-order valence-corrected chi connectivity index (χ2v) is 10.0. The van der Waals surface area contributed by atoms with Crippen molar-refractivity contribution < 1.29 is 0 Å². The van der Waals surface area contributed by atoms with Crippen molar-refractivity contribution >= 4 is 18.0 Å². The summed E-state index contributed by atoms with van der Waals surface area (Å²) in [6.45, 7) is 17.1. The lowest BCUT2D eigenvalue weighted by Crippen LogP contribution is -2.61. The van der Waals surface area contributed by atoms with E-state index in [1.54, 1.807) is 0 Å². The van der Waals surface area contributed by atoms with Crippen molar-refractivity contribution in [1.29, 1.82) is 5.41 Å². The molecule has 34 heavy (non-hydrogen) atoms. The average molecular weight is 456 g/mol. The van der Waals surface area contributed by atoms with Crippen LogP contribution in [0.5, 0.6) is 0 Å². The Bertz CT molecular complexity index is 1230. The van der Waals surface area contributed by atoms with Crippen molar-refractivity contribution in [3.05, 3.63) is 77.8 Å². The SMILES string of the molecule is C=CC(=C)N1CC2(CC(n3nc(-c4ccc(N)c(C=N)c4)c(/C=C4\CN(C)NC4=C)c3C)C2)C1. The van der Waals surface area contributed by atoms with Crippen molar-refractivity contribution in [2.45, 2.75) is 25.8 Å². The van der Waals surface area contributed by atoms with Gasteiger partial charge in [-0.15, -0.1) is 0 Å². The minimum Gasteiger partial charge on any atom is -0.398 e. The first-order valence-corrected chi connectivity index (χ1v) is 11.7. The monoisotopic (exact) mass is 455 g/mol. The van der Waals surface area contributed by atoms with Gasteiger partial charge in [-0.05, 0) is 49.6 Å². The maximum absolute atomic E-state index is 7.73. The molecule has 0 amide bonds. The normalized spacial score (nSPS) is 20.8. The number of nitrogens with one attached hydrogen (secondary N) is 2. The minimum absolute atomic E-state index is 0.370. The van der Waals surface area contributed by atoms with Crippen LogP contribution in [-0.4, -0.2) is 52.6 Å². The molecule has 176 valence electrons. The molecule has 2 aromatic rings. The Labute approximate surface area is 201 Å². The number of nitrogen functional groups attached to an aromatic ring is 1. The van der Waals surface area contributed by atoms with Crippen LogP contribution in [0.25, 0.3) is 17.3 Å². The molecule has 0 unspecified atom stereocenters. The highest BCUT2D eigenvalue weighted by Crippen LogP contribution is 2.55. The molecule has 1 aliphatic carbocycles. The van der Waals surface area contributed by atoms with Crippen LogP contribution in [0, 0.1) is 17.7 Å². The second-order valence-electron chi connectivity index (χ2n) is 10.0. The first-order chi connectivity index (χ1) is 16.2. The van der Waals surface area contributed by atoms with Crippen molar-refractivity contribution in [3.63, 3.8) is 0 Å². The number of hydrogen-bond donors (Lipinski definition) is 3. The molecule has 1 aromatic carbocycles. The lowest BCUT2D eigenvalue weighted by molar-refractivity contribution is -0.0727. The molecule has 1 spiro atoms. The lowest BCUT2D eigenvalue weighted by Gasteiger charge is -2.60. The highest BCUT2D eigenvalue weighted by atomic mass is 15.5. The Morgan fingerprint density at radius 2 is 2.06 bits per heavy atom. The summed E-state index contributed by atoms with van der Waals surface area (Å²) in [6, 6.07) is 6.20. The summed E-state index contributed by atoms with van der Waals surface area (Å²) in [5.41, 5.74) is 18.2. The van der Waals surface area contributed by atoms with Crippen LogP contribution >= 0.6 is 0 Å². The van der Waals surface area contributed by atoms with Crippen molar-refractivity contribution in [1.82, 2.24) is 25.1 Å². The Morgan fingerprint density at radius 3 is 2.68 bits per heavy atom. The molecule has 7 heteroatoms. The van der Waals surface area contributed by atoms with Crippen LogP contribution in [0.15, 0.2) is 61.0 Å². The maximum atomic E-state index is 7.73. The van der Waals surface area contributed by atoms with Gasteiger partial charge in [0.1, 0.15) is 0 Å². The Morgan fingerprint density at radius 1 is 1.32 bits per heavy atom. The van der Waals surface area contributed by atoms with E-state index >= 15 is 0 Å². The van der Waals surface area contributed by atoms with E-state index in [1.165, 1.54) is 6.21 Å². The molecular weight excluding hydrogens is 422 g/mol. The smallest absolute Gasteiger partial charge is 0.0998 e. The number of likely N-dealkylation sites (tertiary alicyclic amines) is 1. The molecule has 0 bridgehead atoms. The molecule has 7 nitrogen and oxygen atoms in total. The molecule has 3 fully saturated rings. The number of aromatic nitrogens is 2. The van der Waals surface area contributed by atoms with Crippen LogP contribution in [0.3, 0.4) is 0 Å². The topological polar surface area (TPSA) is 86.2 Å². The van der Waals surface area contributed by atoms with Crippen LogP contribution < -0.4 is 11.2 Å². The summed E-state index contributed by atoms with van der Waals surface area (Å²) in [7, 11) is 2.01. The molecular formula is C27H33N7. The van der Waals surface area contributed by atoms with E-state index in [0.717, 1.165) is 72.0 Å². The number of anilines is 1. The Balaban J connectivity index is 1.49. The highest BCUT2D eigenvalue weighted by molar-refractivity contribution is 5.88. The Hall–Kier alpha value is -3.58. The number of nitrogens with zero attached hydrogens (tertiary/aromatic N) is 4. The standard InChI is InChI=1S/C27H33N7/c1-6-17(2)33-15-27(16-33)11-23(12-27)34-19(4)24(10-22-14-32(5)30-18(22)3)26(31-34)20-7-8-25(29)21(9-20)13-28/h6-10,13,23,28,30H,1-3,11-12,14-16,29H2,4-5H3/b22-10+,28-13?. The number of allylic oxidation sites excluding steroid dienone is 1. The molecule has 1 saturated carbocycles. The van der Waals surface area contributed by atoms with Crippen LogP contribution in [0.1, 0.15) is 35.7 Å². The van der Waals surface area contributed by atoms with Crippen molar-refractivity contribution in [2.75, 3.05) is 32.4 Å². The number of likely N-dealkylation sites (N-methyl/N-ethyl adjacent to an activating group) is 1. The van der Waals surface area contributed by atoms with Gasteiger partial charge in [0.15, 0.2) is 0 Å². The quantitative estimate of drug-likeness (QED) is 0.347. The van der Waals surface area contributed by atoms with E-state index in [0.29, 0.717) is 22.7 Å². The summed E-state index contributed by atoms with van der Waals surface area (Å²) in [5.74, 6) is 0. The van der Waals surface area contributed by atoms with Crippen molar-refractivity contribution in [3.8, 4) is 11.3 Å². The molecule has 0 atom stereocenters. The molecule has 3 aliphatic rings. The molecule has 4 N–H and O–H groups in total. The fourth-order valence-corrected chi connectivity index (χ4v) is 5.59.